The van der Waals surface area contributed by atoms with E-state index >= 15 is 0 Å². The van der Waals surface area contributed by atoms with Crippen LogP contribution in [-0.2, 0) is 14.8 Å². The Kier molecular flexibility index (Phi) is 8.05. The third kappa shape index (κ3) is 5.13. The van der Waals surface area contributed by atoms with E-state index in [9.17, 15) is 13.5 Å². The number of sulfonamides is 1. The maximum Gasteiger partial charge on any atom is 0.290 e. The molecule has 2 aliphatic rings. The van der Waals surface area contributed by atoms with Crippen LogP contribution in [0, 0.1) is 5.92 Å². The highest BCUT2D eigenvalue weighted by atomic mass is 32.2. The number of aliphatic hydroxyl groups excluding tert-OH is 1. The zero-order valence-electron chi connectivity index (χ0n) is 16.2. The molecule has 0 unspecified atom stereocenters. The van der Waals surface area contributed by atoms with E-state index in [4.69, 9.17) is 19.4 Å². The van der Waals surface area contributed by atoms with Gasteiger partial charge in [0.1, 0.15) is 18.1 Å². The number of hydrogen-bond donors (Lipinski definition) is 2. The van der Waals surface area contributed by atoms with Crippen molar-refractivity contribution in [2.45, 2.75) is 23.8 Å². The van der Waals surface area contributed by atoms with Gasteiger partial charge in [0.25, 0.3) is 6.47 Å². The number of nitrogens with zero attached hydrogens (tertiary/aromatic N) is 2. The van der Waals surface area contributed by atoms with E-state index in [1.807, 2.05) is 19.0 Å². The van der Waals surface area contributed by atoms with Crippen molar-refractivity contribution < 1.29 is 32.9 Å². The first-order chi connectivity index (χ1) is 13.3. The van der Waals surface area contributed by atoms with E-state index in [0.29, 0.717) is 37.8 Å². The molecular weight excluding hydrogens is 388 g/mol. The Bertz CT molecular complexity index is 754. The molecule has 3 rings (SSSR count). The van der Waals surface area contributed by atoms with Gasteiger partial charge in [-0.2, -0.15) is 4.31 Å². The highest BCUT2D eigenvalue weighted by molar-refractivity contribution is 7.89. The summed E-state index contributed by atoms with van der Waals surface area (Å²) in [6.07, 6.45) is 1.66. The normalized spacial score (nSPS) is 22.7. The largest absolute Gasteiger partial charge is 0.486 e. The second-order valence-corrected chi connectivity index (χ2v) is 8.86. The van der Waals surface area contributed by atoms with Crippen molar-refractivity contribution in [2.24, 2.45) is 5.92 Å². The van der Waals surface area contributed by atoms with Crippen LogP contribution in [0.5, 0.6) is 11.5 Å². The minimum absolute atomic E-state index is 0.0152. The van der Waals surface area contributed by atoms with Gasteiger partial charge in [-0.1, -0.05) is 6.07 Å². The lowest BCUT2D eigenvalue weighted by Gasteiger charge is -2.29. The van der Waals surface area contributed by atoms with Crippen molar-refractivity contribution in [3.8, 4) is 11.5 Å². The number of ether oxygens (including phenoxy) is 2. The van der Waals surface area contributed by atoms with Crippen LogP contribution in [0.1, 0.15) is 12.8 Å². The number of carbonyl (C=O) groups is 1. The average Bonchev–Trinajstić information content (AvgIpc) is 2.91. The van der Waals surface area contributed by atoms with Gasteiger partial charge in [-0.3, -0.25) is 4.79 Å². The smallest absolute Gasteiger partial charge is 0.290 e. The molecule has 1 aromatic carbocycles. The van der Waals surface area contributed by atoms with Crippen LogP contribution in [0.3, 0.4) is 0 Å². The summed E-state index contributed by atoms with van der Waals surface area (Å²) >= 11 is 0. The molecule has 1 saturated heterocycles. The number of para-hydroxylation sites is 1. The summed E-state index contributed by atoms with van der Waals surface area (Å²) in [6.45, 7) is 1.19. The molecule has 10 heteroatoms. The maximum atomic E-state index is 13.3. The molecule has 2 heterocycles. The molecule has 0 amide bonds. The minimum atomic E-state index is -3.75. The van der Waals surface area contributed by atoms with Gasteiger partial charge >= 0.3 is 0 Å². The summed E-state index contributed by atoms with van der Waals surface area (Å²) in [5.74, 6) is 0.696. The van der Waals surface area contributed by atoms with Crippen molar-refractivity contribution in [3.63, 3.8) is 0 Å². The first-order valence-corrected chi connectivity index (χ1v) is 10.5. The van der Waals surface area contributed by atoms with Gasteiger partial charge < -0.3 is 24.6 Å². The number of likely N-dealkylation sites (N-methyl/N-ethyl adjacent to an activating group) is 1. The fourth-order valence-electron chi connectivity index (χ4n) is 3.36. The molecule has 0 radical (unpaired) electrons. The fraction of sp³-hybridized carbons (Fsp3) is 0.611. The molecule has 1 aromatic rings. The summed E-state index contributed by atoms with van der Waals surface area (Å²) in [5, 5.41) is 16.5. The first-order valence-electron chi connectivity index (χ1n) is 9.09. The summed E-state index contributed by atoms with van der Waals surface area (Å²) < 4.78 is 39.3. The molecule has 1 fully saturated rings. The molecule has 2 aliphatic heterocycles. The van der Waals surface area contributed by atoms with Gasteiger partial charge in [0.05, 0.1) is 0 Å². The second kappa shape index (κ2) is 10.1. The SMILES string of the molecule is CN(C)[C@@H]1CC[C@H](CO)CN(S(=O)(=O)c2cccc3c2OCCO3)C1.O=CO. The van der Waals surface area contributed by atoms with E-state index in [2.05, 4.69) is 0 Å². The Balaban J connectivity index is 0.000000878. The zero-order chi connectivity index (χ0) is 20.7. The summed E-state index contributed by atoms with van der Waals surface area (Å²) in [6, 6.07) is 5.06. The fourth-order valence-corrected chi connectivity index (χ4v) is 5.06. The Morgan fingerprint density at radius 2 is 1.89 bits per heavy atom. The highest BCUT2D eigenvalue weighted by Gasteiger charge is 2.36. The summed E-state index contributed by atoms with van der Waals surface area (Å²) in [5.41, 5.74) is 0. The van der Waals surface area contributed by atoms with Crippen LogP contribution >= 0.6 is 0 Å². The summed E-state index contributed by atoms with van der Waals surface area (Å²) in [7, 11) is 0.163. The number of aliphatic hydroxyl groups is 1. The van der Waals surface area contributed by atoms with Crippen LogP contribution in [0.4, 0.5) is 0 Å². The van der Waals surface area contributed by atoms with Gasteiger partial charge in [-0.05, 0) is 45.0 Å². The topological polar surface area (TPSA) is 117 Å². The monoisotopic (exact) mass is 416 g/mol. The molecular formula is C18H28N2O7S. The molecule has 2 atom stereocenters. The predicted molar refractivity (Wildman–Crippen MR) is 102 cm³/mol. The quantitative estimate of drug-likeness (QED) is 0.681. The van der Waals surface area contributed by atoms with Gasteiger partial charge in [0.15, 0.2) is 11.5 Å². The van der Waals surface area contributed by atoms with Gasteiger partial charge in [0, 0.05) is 25.7 Å². The van der Waals surface area contributed by atoms with Gasteiger partial charge in [0.2, 0.25) is 10.0 Å². The molecule has 0 bridgehead atoms. The molecule has 2 N–H and O–H groups in total. The van der Waals surface area contributed by atoms with Crippen molar-refractivity contribution in [1.82, 2.24) is 9.21 Å². The van der Waals surface area contributed by atoms with E-state index < -0.39 is 10.0 Å². The number of hydrogen-bond acceptors (Lipinski definition) is 7. The van der Waals surface area contributed by atoms with Gasteiger partial charge in [-0.25, -0.2) is 8.42 Å². The number of rotatable bonds is 4. The van der Waals surface area contributed by atoms with Crippen LogP contribution in [0.25, 0.3) is 0 Å². The minimum Gasteiger partial charge on any atom is -0.486 e. The third-order valence-corrected chi connectivity index (χ3v) is 6.78. The van der Waals surface area contributed by atoms with Gasteiger partial charge in [-0.15, -0.1) is 0 Å². The average molecular weight is 416 g/mol. The Morgan fingerprint density at radius 3 is 2.54 bits per heavy atom. The number of benzene rings is 1. The number of fused-ring (bicyclic) bond motifs is 1. The molecule has 158 valence electrons. The van der Waals surface area contributed by atoms with E-state index in [1.54, 1.807) is 18.2 Å². The lowest BCUT2D eigenvalue weighted by Crippen LogP contribution is -2.43. The Hall–Kier alpha value is -1.88. The molecule has 0 saturated carbocycles. The van der Waals surface area contributed by atoms with Crippen LogP contribution in [0.2, 0.25) is 0 Å². The molecule has 0 aromatic heterocycles. The zero-order valence-corrected chi connectivity index (χ0v) is 17.0. The van der Waals surface area contributed by atoms with Crippen molar-refractivity contribution >= 4 is 16.5 Å². The van der Waals surface area contributed by atoms with Crippen molar-refractivity contribution in [2.75, 3.05) is 47.0 Å². The van der Waals surface area contributed by atoms with E-state index in [0.717, 1.165) is 12.8 Å². The molecule has 0 aliphatic carbocycles. The van der Waals surface area contributed by atoms with Crippen LogP contribution in [0.15, 0.2) is 23.1 Å². The molecule has 9 nitrogen and oxygen atoms in total. The van der Waals surface area contributed by atoms with Crippen LogP contribution < -0.4 is 9.47 Å². The molecule has 0 spiro atoms. The predicted octanol–water partition coefficient (Wildman–Crippen LogP) is 0.482. The van der Waals surface area contributed by atoms with Crippen molar-refractivity contribution in [3.05, 3.63) is 18.2 Å². The van der Waals surface area contributed by atoms with Crippen molar-refractivity contribution in [1.29, 1.82) is 0 Å². The maximum absolute atomic E-state index is 13.3. The lowest BCUT2D eigenvalue weighted by molar-refractivity contribution is -0.122. The third-order valence-electron chi connectivity index (χ3n) is 4.92. The molecule has 28 heavy (non-hydrogen) atoms. The lowest BCUT2D eigenvalue weighted by atomic mass is 10.0. The number of carboxylic acid groups (broad SMARTS) is 1. The second-order valence-electron chi connectivity index (χ2n) is 6.95. The first kappa shape index (κ1) is 22.4. The Labute approximate surface area is 165 Å². The van der Waals surface area contributed by atoms with Crippen LogP contribution in [-0.4, -0.2) is 87.4 Å². The Morgan fingerprint density at radius 1 is 1.21 bits per heavy atom. The highest BCUT2D eigenvalue weighted by Crippen LogP contribution is 2.38. The summed E-state index contributed by atoms with van der Waals surface area (Å²) in [4.78, 5) is 10.5. The van der Waals surface area contributed by atoms with E-state index in [-0.39, 0.29) is 29.9 Å². The standard InChI is InChI=1S/C17H26N2O5S.CH2O2/c1-18(2)14-7-6-13(12-20)10-19(11-14)25(21,22)16-5-3-4-15-17(16)24-9-8-23-15;2-1-3/h3-5,13-14,20H,6-12H2,1-2H3;1H,(H,2,3)/t13-,14+;/m0./s1. The van der Waals surface area contributed by atoms with E-state index in [1.165, 1.54) is 4.31 Å².